The Morgan fingerprint density at radius 3 is 2.29 bits per heavy atom. The first kappa shape index (κ1) is 13.8. The fraction of sp³-hybridized carbons (Fsp3) is 0.235. The van der Waals surface area contributed by atoms with E-state index in [1.165, 1.54) is 0 Å². The van der Waals surface area contributed by atoms with E-state index >= 15 is 0 Å². The lowest BCUT2D eigenvalue weighted by Gasteiger charge is -2.34. The molecule has 0 bridgehead atoms. The van der Waals surface area contributed by atoms with Gasteiger partial charge in [-0.05, 0) is 18.2 Å². The summed E-state index contributed by atoms with van der Waals surface area (Å²) in [5.41, 5.74) is 0.687. The van der Waals surface area contributed by atoms with Crippen molar-refractivity contribution in [1.82, 2.24) is 10.2 Å². The molecule has 0 radical (unpaired) electrons. The van der Waals surface area contributed by atoms with Crippen molar-refractivity contribution < 1.29 is 9.90 Å². The second-order valence-corrected chi connectivity index (χ2v) is 5.30. The Labute approximate surface area is 124 Å². The third-order valence-electron chi connectivity index (χ3n) is 4.23. The Bertz CT molecular complexity index is 630. The van der Waals surface area contributed by atoms with Crippen LogP contribution in [0.1, 0.15) is 17.2 Å². The molecule has 2 atom stereocenters. The van der Waals surface area contributed by atoms with Crippen molar-refractivity contribution in [3.63, 3.8) is 0 Å². The molecule has 0 aromatic heterocycles. The SMILES string of the molecule is CN1C(c2ccccc2)CNC1(C(=O)O)c1ccccc1. The first-order valence-electron chi connectivity index (χ1n) is 6.98. The third-order valence-corrected chi connectivity index (χ3v) is 4.23. The number of likely N-dealkylation sites (N-methyl/N-ethyl adjacent to an activating group) is 1. The van der Waals surface area contributed by atoms with Crippen LogP contribution in [0.15, 0.2) is 60.7 Å². The van der Waals surface area contributed by atoms with Crippen molar-refractivity contribution in [2.24, 2.45) is 0 Å². The lowest BCUT2D eigenvalue weighted by Crippen LogP contribution is -2.53. The fourth-order valence-corrected chi connectivity index (χ4v) is 3.09. The van der Waals surface area contributed by atoms with E-state index < -0.39 is 11.6 Å². The molecular formula is C17H18N2O2. The standard InChI is InChI=1S/C17H18N2O2/c1-19-15(13-8-4-2-5-9-13)12-18-17(19,16(20)21)14-10-6-3-7-11-14/h2-11,15,18H,12H2,1H3,(H,20,21). The lowest BCUT2D eigenvalue weighted by molar-refractivity contribution is -0.152. The maximum Gasteiger partial charge on any atom is 0.344 e. The summed E-state index contributed by atoms with van der Waals surface area (Å²) in [6.07, 6.45) is 0. The molecule has 0 spiro atoms. The van der Waals surface area contributed by atoms with Gasteiger partial charge >= 0.3 is 5.97 Å². The van der Waals surface area contributed by atoms with Gasteiger partial charge in [-0.1, -0.05) is 60.7 Å². The molecular weight excluding hydrogens is 264 g/mol. The molecule has 1 fully saturated rings. The van der Waals surface area contributed by atoms with Crippen molar-refractivity contribution in [1.29, 1.82) is 0 Å². The molecule has 21 heavy (non-hydrogen) atoms. The number of rotatable bonds is 3. The summed E-state index contributed by atoms with van der Waals surface area (Å²) in [5.74, 6) is -0.880. The second-order valence-electron chi connectivity index (χ2n) is 5.30. The van der Waals surface area contributed by atoms with Crippen LogP contribution in [0, 0.1) is 0 Å². The molecule has 2 aromatic carbocycles. The minimum absolute atomic E-state index is 0.0301. The van der Waals surface area contributed by atoms with Gasteiger partial charge in [0.05, 0.1) is 0 Å². The summed E-state index contributed by atoms with van der Waals surface area (Å²) in [7, 11) is 1.86. The van der Waals surface area contributed by atoms with E-state index in [0.29, 0.717) is 6.54 Å². The molecule has 0 saturated carbocycles. The largest absolute Gasteiger partial charge is 0.479 e. The summed E-state index contributed by atoms with van der Waals surface area (Å²) in [5, 5.41) is 13.1. The molecule has 4 nitrogen and oxygen atoms in total. The Morgan fingerprint density at radius 2 is 1.71 bits per heavy atom. The van der Waals surface area contributed by atoms with E-state index in [1.54, 1.807) is 0 Å². The van der Waals surface area contributed by atoms with Crippen molar-refractivity contribution >= 4 is 5.97 Å². The van der Waals surface area contributed by atoms with Gasteiger partial charge in [-0.15, -0.1) is 0 Å². The Morgan fingerprint density at radius 1 is 1.14 bits per heavy atom. The molecule has 2 unspecified atom stereocenters. The zero-order chi connectivity index (χ0) is 14.9. The highest BCUT2D eigenvalue weighted by Gasteiger charge is 2.51. The summed E-state index contributed by atoms with van der Waals surface area (Å²) in [6, 6.07) is 19.3. The molecule has 2 N–H and O–H groups in total. The van der Waals surface area contributed by atoms with Crippen molar-refractivity contribution in [2.45, 2.75) is 11.7 Å². The molecule has 1 aliphatic rings. The predicted octanol–water partition coefficient (Wildman–Crippen LogP) is 2.20. The van der Waals surface area contributed by atoms with E-state index in [1.807, 2.05) is 72.6 Å². The highest BCUT2D eigenvalue weighted by atomic mass is 16.4. The van der Waals surface area contributed by atoms with Crippen LogP contribution in [0.4, 0.5) is 0 Å². The molecule has 0 aliphatic carbocycles. The number of carbonyl (C=O) groups is 1. The summed E-state index contributed by atoms with van der Waals surface area (Å²) in [4.78, 5) is 13.9. The molecule has 2 aromatic rings. The number of benzene rings is 2. The van der Waals surface area contributed by atoms with Gasteiger partial charge in [0.15, 0.2) is 5.66 Å². The fourth-order valence-electron chi connectivity index (χ4n) is 3.09. The Hall–Kier alpha value is -2.17. The maximum absolute atomic E-state index is 12.0. The van der Waals surface area contributed by atoms with Crippen LogP contribution in [0.5, 0.6) is 0 Å². The van der Waals surface area contributed by atoms with E-state index in [4.69, 9.17) is 0 Å². The third kappa shape index (κ3) is 2.13. The summed E-state index contributed by atoms with van der Waals surface area (Å²) < 4.78 is 0. The number of aliphatic carboxylic acids is 1. The van der Waals surface area contributed by atoms with Gasteiger partial charge in [-0.2, -0.15) is 0 Å². The van der Waals surface area contributed by atoms with Crippen LogP contribution >= 0.6 is 0 Å². The highest BCUT2D eigenvalue weighted by Crippen LogP contribution is 2.37. The number of hydrogen-bond donors (Lipinski definition) is 2. The normalized spacial score (nSPS) is 25.9. The van der Waals surface area contributed by atoms with E-state index in [2.05, 4.69) is 5.32 Å². The van der Waals surface area contributed by atoms with E-state index in [0.717, 1.165) is 11.1 Å². The van der Waals surface area contributed by atoms with Gasteiger partial charge in [0.25, 0.3) is 0 Å². The number of carboxylic acid groups (broad SMARTS) is 1. The Kier molecular flexibility index (Phi) is 3.49. The van der Waals surface area contributed by atoms with Crippen molar-refractivity contribution in [3.8, 4) is 0 Å². The van der Waals surface area contributed by atoms with Crippen LogP contribution in [0.25, 0.3) is 0 Å². The molecule has 108 valence electrons. The van der Waals surface area contributed by atoms with E-state index in [9.17, 15) is 9.90 Å². The van der Waals surface area contributed by atoms with Gasteiger partial charge in [0.1, 0.15) is 0 Å². The maximum atomic E-state index is 12.0. The second kappa shape index (κ2) is 5.31. The molecule has 1 aliphatic heterocycles. The van der Waals surface area contributed by atoms with Gasteiger partial charge in [-0.25, -0.2) is 4.79 Å². The smallest absolute Gasteiger partial charge is 0.344 e. The average Bonchev–Trinajstić information content (AvgIpc) is 2.87. The molecule has 4 heteroatoms. The molecule has 1 saturated heterocycles. The number of nitrogens with one attached hydrogen (secondary N) is 1. The van der Waals surface area contributed by atoms with Crippen LogP contribution in [-0.2, 0) is 10.5 Å². The highest BCUT2D eigenvalue weighted by molar-refractivity contribution is 5.81. The van der Waals surface area contributed by atoms with Crippen LogP contribution in [-0.4, -0.2) is 29.6 Å². The van der Waals surface area contributed by atoms with Crippen LogP contribution in [0.2, 0.25) is 0 Å². The summed E-state index contributed by atoms with van der Waals surface area (Å²) >= 11 is 0. The van der Waals surface area contributed by atoms with Gasteiger partial charge in [0.2, 0.25) is 0 Å². The minimum Gasteiger partial charge on any atom is -0.479 e. The molecule has 0 amide bonds. The van der Waals surface area contributed by atoms with Gasteiger partial charge in [-0.3, -0.25) is 10.2 Å². The van der Waals surface area contributed by atoms with Crippen LogP contribution < -0.4 is 5.32 Å². The minimum atomic E-state index is -1.18. The monoisotopic (exact) mass is 282 g/mol. The quantitative estimate of drug-likeness (QED) is 0.906. The molecule has 1 heterocycles. The number of nitrogens with zero attached hydrogens (tertiary/aromatic N) is 1. The Balaban J connectivity index is 2.03. The number of hydrogen-bond acceptors (Lipinski definition) is 3. The molecule has 3 rings (SSSR count). The lowest BCUT2D eigenvalue weighted by atomic mass is 9.98. The topological polar surface area (TPSA) is 52.6 Å². The summed E-state index contributed by atoms with van der Waals surface area (Å²) in [6.45, 7) is 0.599. The first-order valence-corrected chi connectivity index (χ1v) is 6.98. The van der Waals surface area contributed by atoms with E-state index in [-0.39, 0.29) is 6.04 Å². The van der Waals surface area contributed by atoms with Gasteiger partial charge in [0, 0.05) is 12.6 Å². The number of carboxylic acids is 1. The predicted molar refractivity (Wildman–Crippen MR) is 80.7 cm³/mol. The zero-order valence-corrected chi connectivity index (χ0v) is 11.9. The average molecular weight is 282 g/mol. The van der Waals surface area contributed by atoms with Crippen LogP contribution in [0.3, 0.4) is 0 Å². The zero-order valence-electron chi connectivity index (χ0n) is 11.9. The van der Waals surface area contributed by atoms with Gasteiger partial charge < -0.3 is 5.11 Å². The van der Waals surface area contributed by atoms with Crippen molar-refractivity contribution in [3.05, 3.63) is 71.8 Å². The van der Waals surface area contributed by atoms with Crippen molar-refractivity contribution in [2.75, 3.05) is 13.6 Å². The first-order chi connectivity index (χ1) is 10.2.